The molecule has 1 atom stereocenters. The molecule has 1 aliphatic rings. The Balaban J connectivity index is 1.94. The van der Waals surface area contributed by atoms with Crippen molar-refractivity contribution in [3.05, 3.63) is 57.6 Å². The van der Waals surface area contributed by atoms with Gasteiger partial charge < -0.3 is 9.47 Å². The molecule has 1 aliphatic heterocycles. The van der Waals surface area contributed by atoms with Gasteiger partial charge in [-0.05, 0) is 47.9 Å². The lowest BCUT2D eigenvalue weighted by atomic mass is 10.0. The van der Waals surface area contributed by atoms with Gasteiger partial charge in [-0.2, -0.15) is 0 Å². The van der Waals surface area contributed by atoms with Gasteiger partial charge in [0.05, 0.1) is 18.0 Å². The molecule has 0 N–H and O–H groups in total. The lowest BCUT2D eigenvalue weighted by Crippen LogP contribution is -1.97. The monoisotopic (exact) mass is 410 g/mol. The van der Waals surface area contributed by atoms with Gasteiger partial charge >= 0.3 is 0 Å². The minimum absolute atomic E-state index is 0.130. The average Bonchev–Trinajstić information content (AvgIpc) is 2.69. The molecule has 0 amide bonds. The van der Waals surface area contributed by atoms with Gasteiger partial charge in [0.1, 0.15) is 0 Å². The Kier molecular flexibility index (Phi) is 4.55. The number of rotatable bonds is 2. The van der Waals surface area contributed by atoms with Crippen LogP contribution in [0.25, 0.3) is 0 Å². The standard InChI is InChI=1S/C17H16Br2O2/c1-11-7-13(9-14(18)8-11)17(19)12-3-4-15-16(10-12)21-6-2-5-20-15/h3-4,7-10,17H,2,5-6H2,1H3. The molecule has 3 rings (SSSR count). The topological polar surface area (TPSA) is 18.5 Å². The molecular weight excluding hydrogens is 396 g/mol. The second-order valence-corrected chi connectivity index (χ2v) is 7.01. The highest BCUT2D eigenvalue weighted by Crippen LogP contribution is 2.38. The molecule has 0 saturated heterocycles. The molecule has 0 fully saturated rings. The van der Waals surface area contributed by atoms with Crippen molar-refractivity contribution in [1.82, 2.24) is 0 Å². The van der Waals surface area contributed by atoms with Gasteiger partial charge in [0.15, 0.2) is 11.5 Å². The van der Waals surface area contributed by atoms with Crippen LogP contribution in [-0.4, -0.2) is 13.2 Å². The summed E-state index contributed by atoms with van der Waals surface area (Å²) in [7, 11) is 0. The molecule has 0 aromatic heterocycles. The fourth-order valence-electron chi connectivity index (χ4n) is 2.44. The van der Waals surface area contributed by atoms with E-state index in [-0.39, 0.29) is 4.83 Å². The van der Waals surface area contributed by atoms with E-state index in [0.29, 0.717) is 6.61 Å². The summed E-state index contributed by atoms with van der Waals surface area (Å²) in [5.74, 6) is 1.67. The lowest BCUT2D eigenvalue weighted by Gasteiger charge is -2.15. The first-order valence-electron chi connectivity index (χ1n) is 6.94. The Morgan fingerprint density at radius 3 is 2.48 bits per heavy atom. The van der Waals surface area contributed by atoms with Gasteiger partial charge in [0.2, 0.25) is 0 Å². The SMILES string of the molecule is Cc1cc(Br)cc(C(Br)c2ccc3c(c2)OCCCO3)c1. The Morgan fingerprint density at radius 1 is 0.952 bits per heavy atom. The molecule has 21 heavy (non-hydrogen) atoms. The van der Waals surface area contributed by atoms with Gasteiger partial charge in [-0.3, -0.25) is 0 Å². The number of hydrogen-bond donors (Lipinski definition) is 0. The number of aryl methyl sites for hydroxylation is 1. The summed E-state index contributed by atoms with van der Waals surface area (Å²) in [4.78, 5) is 0.130. The van der Waals surface area contributed by atoms with Crippen LogP contribution in [0.2, 0.25) is 0 Å². The first-order valence-corrected chi connectivity index (χ1v) is 8.65. The van der Waals surface area contributed by atoms with Crippen LogP contribution >= 0.6 is 31.9 Å². The molecule has 2 aromatic rings. The predicted molar refractivity (Wildman–Crippen MR) is 91.7 cm³/mol. The van der Waals surface area contributed by atoms with Crippen molar-refractivity contribution in [1.29, 1.82) is 0 Å². The fourth-order valence-corrected chi connectivity index (χ4v) is 3.62. The van der Waals surface area contributed by atoms with Crippen LogP contribution in [0.5, 0.6) is 11.5 Å². The highest BCUT2D eigenvalue weighted by molar-refractivity contribution is 9.10. The van der Waals surface area contributed by atoms with Crippen LogP contribution in [0, 0.1) is 6.92 Å². The number of hydrogen-bond acceptors (Lipinski definition) is 2. The van der Waals surface area contributed by atoms with Crippen molar-refractivity contribution < 1.29 is 9.47 Å². The van der Waals surface area contributed by atoms with E-state index in [1.807, 2.05) is 6.07 Å². The number of benzene rings is 2. The van der Waals surface area contributed by atoms with E-state index >= 15 is 0 Å². The molecule has 0 spiro atoms. The Bertz CT molecular complexity index is 635. The minimum atomic E-state index is 0.130. The largest absolute Gasteiger partial charge is 0.490 e. The zero-order valence-electron chi connectivity index (χ0n) is 11.7. The number of fused-ring (bicyclic) bond motifs is 1. The van der Waals surface area contributed by atoms with E-state index in [1.165, 1.54) is 11.1 Å². The quantitative estimate of drug-likeness (QED) is 0.615. The summed E-state index contributed by atoms with van der Waals surface area (Å²) in [6.45, 7) is 3.52. The molecule has 4 heteroatoms. The van der Waals surface area contributed by atoms with Gasteiger partial charge in [0, 0.05) is 10.9 Å². The maximum Gasteiger partial charge on any atom is 0.161 e. The van der Waals surface area contributed by atoms with Gasteiger partial charge in [-0.15, -0.1) is 0 Å². The van der Waals surface area contributed by atoms with Crippen LogP contribution in [0.15, 0.2) is 40.9 Å². The number of halogens is 2. The zero-order valence-corrected chi connectivity index (χ0v) is 14.9. The third-order valence-electron chi connectivity index (χ3n) is 3.42. The first kappa shape index (κ1) is 14.9. The molecule has 2 nitrogen and oxygen atoms in total. The van der Waals surface area contributed by atoms with Crippen LogP contribution in [-0.2, 0) is 0 Å². The van der Waals surface area contributed by atoms with Crippen LogP contribution in [0.3, 0.4) is 0 Å². The van der Waals surface area contributed by atoms with E-state index in [4.69, 9.17) is 9.47 Å². The molecular formula is C17H16Br2O2. The zero-order chi connectivity index (χ0) is 14.8. The number of ether oxygens (including phenoxy) is 2. The summed E-state index contributed by atoms with van der Waals surface area (Å²) in [5.41, 5.74) is 3.62. The third kappa shape index (κ3) is 3.43. The highest BCUT2D eigenvalue weighted by Gasteiger charge is 2.16. The third-order valence-corrected chi connectivity index (χ3v) is 4.94. The maximum atomic E-state index is 5.77. The normalized spacial score (nSPS) is 15.4. The van der Waals surface area contributed by atoms with Gasteiger partial charge in [0.25, 0.3) is 0 Å². The Labute approximate surface area is 141 Å². The van der Waals surface area contributed by atoms with E-state index in [1.54, 1.807) is 0 Å². The fraction of sp³-hybridized carbons (Fsp3) is 0.294. The minimum Gasteiger partial charge on any atom is -0.490 e. The molecule has 2 aromatic carbocycles. The van der Waals surface area contributed by atoms with Crippen molar-refractivity contribution >= 4 is 31.9 Å². The van der Waals surface area contributed by atoms with Crippen LogP contribution in [0.4, 0.5) is 0 Å². The van der Waals surface area contributed by atoms with Crippen molar-refractivity contribution in [2.45, 2.75) is 18.2 Å². The molecule has 1 heterocycles. The van der Waals surface area contributed by atoms with E-state index < -0.39 is 0 Å². The maximum absolute atomic E-state index is 5.77. The van der Waals surface area contributed by atoms with Crippen molar-refractivity contribution in [2.75, 3.05) is 13.2 Å². The molecule has 0 saturated carbocycles. The Hall–Kier alpha value is -1.00. The number of alkyl halides is 1. The van der Waals surface area contributed by atoms with Gasteiger partial charge in [-0.25, -0.2) is 0 Å². The summed E-state index contributed by atoms with van der Waals surface area (Å²) in [5, 5.41) is 0. The summed E-state index contributed by atoms with van der Waals surface area (Å²) in [6, 6.07) is 12.6. The molecule has 1 unspecified atom stereocenters. The van der Waals surface area contributed by atoms with E-state index in [0.717, 1.165) is 34.6 Å². The van der Waals surface area contributed by atoms with Crippen LogP contribution in [0.1, 0.15) is 27.9 Å². The highest BCUT2D eigenvalue weighted by atomic mass is 79.9. The first-order chi connectivity index (χ1) is 10.1. The lowest BCUT2D eigenvalue weighted by molar-refractivity contribution is 0.297. The van der Waals surface area contributed by atoms with Crippen molar-refractivity contribution in [3.63, 3.8) is 0 Å². The van der Waals surface area contributed by atoms with Crippen LogP contribution < -0.4 is 9.47 Å². The van der Waals surface area contributed by atoms with Crippen molar-refractivity contribution in [3.8, 4) is 11.5 Å². The summed E-state index contributed by atoms with van der Waals surface area (Å²) in [6.07, 6.45) is 0.923. The smallest absolute Gasteiger partial charge is 0.161 e. The predicted octanol–water partition coefficient (Wildman–Crippen LogP) is 5.40. The summed E-state index contributed by atoms with van der Waals surface area (Å²) < 4.78 is 12.5. The molecule has 110 valence electrons. The second-order valence-electron chi connectivity index (χ2n) is 5.18. The molecule has 0 aliphatic carbocycles. The van der Waals surface area contributed by atoms with E-state index in [2.05, 4.69) is 69.1 Å². The average molecular weight is 412 g/mol. The summed E-state index contributed by atoms with van der Waals surface area (Å²) >= 11 is 7.35. The van der Waals surface area contributed by atoms with E-state index in [9.17, 15) is 0 Å². The Morgan fingerprint density at radius 2 is 1.71 bits per heavy atom. The van der Waals surface area contributed by atoms with Crippen molar-refractivity contribution in [2.24, 2.45) is 0 Å². The molecule has 0 radical (unpaired) electrons. The second kappa shape index (κ2) is 6.41. The molecule has 0 bridgehead atoms. The van der Waals surface area contributed by atoms with Gasteiger partial charge in [-0.1, -0.05) is 44.0 Å².